The smallest absolute Gasteiger partial charge is 0.128 e. The first-order valence-electron chi connectivity index (χ1n) is 7.03. The van der Waals surface area contributed by atoms with E-state index in [-0.39, 0.29) is 6.10 Å². The molecule has 100 valence electrons. The fourth-order valence-corrected chi connectivity index (χ4v) is 2.87. The molecular weight excluding hydrogens is 224 g/mol. The average molecular weight is 250 g/mol. The van der Waals surface area contributed by atoms with Crippen LogP contribution in [0, 0.1) is 0 Å². The van der Waals surface area contributed by atoms with E-state index >= 15 is 0 Å². The normalized spacial score (nSPS) is 27.7. The number of piperidine rings is 1. The maximum atomic E-state index is 10.2. The molecule has 0 bridgehead atoms. The van der Waals surface area contributed by atoms with Crippen molar-refractivity contribution in [2.24, 2.45) is 0 Å². The molecule has 0 spiro atoms. The summed E-state index contributed by atoms with van der Waals surface area (Å²) < 4.78 is 0. The molecule has 3 N–H and O–H groups in total. The van der Waals surface area contributed by atoms with Crippen LogP contribution >= 0.6 is 0 Å². The molecule has 1 saturated heterocycles. The quantitative estimate of drug-likeness (QED) is 0.623. The van der Waals surface area contributed by atoms with Crippen LogP contribution in [-0.2, 0) is 0 Å². The summed E-state index contributed by atoms with van der Waals surface area (Å²) in [5.41, 5.74) is 1.04. The third-order valence-electron chi connectivity index (χ3n) is 4.24. The summed E-state index contributed by atoms with van der Waals surface area (Å²) in [6.07, 6.45) is 2.22. The number of nitrogens with one attached hydrogen (secondary N) is 2. The van der Waals surface area contributed by atoms with Gasteiger partial charge in [-0.3, -0.25) is 0 Å². The topological polar surface area (TPSA) is 29.1 Å². The molecule has 2 atom stereocenters. The molecule has 1 heterocycles. The molecule has 1 aromatic rings. The molecule has 1 fully saturated rings. The zero-order valence-corrected chi connectivity index (χ0v) is 11.5. The first-order chi connectivity index (χ1) is 8.66. The number of hydrogen-bond acceptors (Lipinski definition) is 1. The molecule has 0 aliphatic carbocycles. The lowest BCUT2D eigenvalue weighted by atomic mass is 10.0. The van der Waals surface area contributed by atoms with Crippen LogP contribution in [0.2, 0.25) is 0 Å². The summed E-state index contributed by atoms with van der Waals surface area (Å²) in [5, 5.41) is 10.2. The van der Waals surface area contributed by atoms with Gasteiger partial charge in [0.25, 0.3) is 0 Å². The van der Waals surface area contributed by atoms with E-state index in [1.807, 2.05) is 30.3 Å². The maximum Gasteiger partial charge on any atom is 0.128 e. The summed E-state index contributed by atoms with van der Waals surface area (Å²) in [6.45, 7) is 3.35. The highest BCUT2D eigenvalue weighted by Crippen LogP contribution is 2.09. The first-order valence-corrected chi connectivity index (χ1v) is 7.03. The fraction of sp³-hybridized carbons (Fsp3) is 0.600. The zero-order chi connectivity index (χ0) is 13.0. The van der Waals surface area contributed by atoms with Gasteiger partial charge in [-0.1, -0.05) is 30.3 Å². The van der Waals surface area contributed by atoms with Crippen LogP contribution in [0.4, 0.5) is 0 Å². The number of likely N-dealkylation sites (tertiary alicyclic amines) is 1. The summed E-state index contributed by atoms with van der Waals surface area (Å²) in [7, 11) is 4.49. The molecule has 0 amide bonds. The Bertz CT molecular complexity index is 347. The largest absolute Gasteiger partial charge is 0.382 e. The lowest BCUT2D eigenvalue weighted by Gasteiger charge is -2.31. The van der Waals surface area contributed by atoms with Crippen molar-refractivity contribution in [1.82, 2.24) is 0 Å². The Morgan fingerprint density at radius 2 is 1.89 bits per heavy atom. The van der Waals surface area contributed by atoms with E-state index in [1.54, 1.807) is 4.90 Å². The molecule has 0 radical (unpaired) electrons. The second-order valence-corrected chi connectivity index (χ2v) is 5.71. The van der Waals surface area contributed by atoms with Crippen molar-refractivity contribution in [3.05, 3.63) is 35.9 Å². The fourth-order valence-electron chi connectivity index (χ4n) is 2.87. The van der Waals surface area contributed by atoms with Gasteiger partial charge in [0.05, 0.1) is 33.2 Å². The van der Waals surface area contributed by atoms with Crippen LogP contribution in [-0.4, -0.2) is 44.9 Å². The molecule has 1 aliphatic rings. The van der Waals surface area contributed by atoms with Crippen LogP contribution in [0.1, 0.15) is 24.5 Å². The monoisotopic (exact) mass is 250 g/mol. The van der Waals surface area contributed by atoms with Gasteiger partial charge in [-0.15, -0.1) is 0 Å². The van der Waals surface area contributed by atoms with Crippen LogP contribution in [0.3, 0.4) is 0 Å². The second-order valence-electron chi connectivity index (χ2n) is 5.71. The lowest BCUT2D eigenvalue weighted by molar-refractivity contribution is -0.941. The number of aliphatic hydroxyl groups is 1. The van der Waals surface area contributed by atoms with E-state index in [0.717, 1.165) is 12.1 Å². The van der Waals surface area contributed by atoms with Gasteiger partial charge in [-0.25, -0.2) is 0 Å². The van der Waals surface area contributed by atoms with Gasteiger partial charge in [-0.05, 0) is 5.56 Å². The van der Waals surface area contributed by atoms with Gasteiger partial charge in [0.15, 0.2) is 0 Å². The van der Waals surface area contributed by atoms with Crippen LogP contribution < -0.4 is 9.80 Å². The van der Waals surface area contributed by atoms with Gasteiger partial charge in [0.2, 0.25) is 0 Å². The Morgan fingerprint density at radius 3 is 2.50 bits per heavy atom. The third-order valence-corrected chi connectivity index (χ3v) is 4.24. The van der Waals surface area contributed by atoms with Crippen LogP contribution in [0.15, 0.2) is 30.3 Å². The van der Waals surface area contributed by atoms with Crippen molar-refractivity contribution >= 4 is 0 Å². The highest BCUT2D eigenvalue weighted by molar-refractivity contribution is 5.17. The van der Waals surface area contributed by atoms with Gasteiger partial charge in [0.1, 0.15) is 12.6 Å². The van der Waals surface area contributed by atoms with Crippen molar-refractivity contribution in [3.8, 4) is 0 Å². The average Bonchev–Trinajstić information content (AvgIpc) is 2.40. The van der Waals surface area contributed by atoms with Crippen LogP contribution in [0.25, 0.3) is 0 Å². The first kappa shape index (κ1) is 13.5. The van der Waals surface area contributed by atoms with Gasteiger partial charge in [-0.2, -0.15) is 0 Å². The molecule has 0 saturated carbocycles. The molecule has 3 nitrogen and oxygen atoms in total. The number of likely N-dealkylation sites (N-methyl/N-ethyl adjacent to an activating group) is 1. The highest BCUT2D eigenvalue weighted by Gasteiger charge is 2.27. The van der Waals surface area contributed by atoms with Crippen molar-refractivity contribution in [2.45, 2.75) is 25.0 Å². The summed E-state index contributed by atoms with van der Waals surface area (Å²) in [4.78, 5) is 3.11. The van der Waals surface area contributed by atoms with E-state index in [9.17, 15) is 5.11 Å². The summed E-state index contributed by atoms with van der Waals surface area (Å²) in [6, 6.07) is 10.7. The molecular formula is C15H26N2O+2. The minimum Gasteiger partial charge on any atom is -0.382 e. The highest BCUT2D eigenvalue weighted by atomic mass is 16.3. The van der Waals surface area contributed by atoms with E-state index in [2.05, 4.69) is 14.1 Å². The minimum absolute atomic E-state index is 0.335. The molecule has 1 aromatic carbocycles. The van der Waals surface area contributed by atoms with Gasteiger partial charge >= 0.3 is 0 Å². The number of benzene rings is 1. The third kappa shape index (κ3) is 3.55. The van der Waals surface area contributed by atoms with E-state index in [4.69, 9.17) is 0 Å². The Balaban J connectivity index is 1.85. The van der Waals surface area contributed by atoms with E-state index in [1.165, 1.54) is 30.8 Å². The minimum atomic E-state index is -0.335. The maximum absolute atomic E-state index is 10.2. The predicted octanol–water partition coefficient (Wildman–Crippen LogP) is -1.09. The Labute approximate surface area is 110 Å². The number of rotatable bonds is 4. The molecule has 1 unspecified atom stereocenters. The Hall–Kier alpha value is -0.900. The molecule has 18 heavy (non-hydrogen) atoms. The predicted molar refractivity (Wildman–Crippen MR) is 72.8 cm³/mol. The lowest BCUT2D eigenvalue weighted by Crippen LogP contribution is -3.18. The van der Waals surface area contributed by atoms with Crippen LogP contribution in [0.5, 0.6) is 0 Å². The van der Waals surface area contributed by atoms with E-state index < -0.39 is 0 Å². The zero-order valence-electron chi connectivity index (χ0n) is 11.5. The molecule has 2 rings (SSSR count). The molecule has 0 aromatic heterocycles. The number of aliphatic hydroxyl groups excluding tert-OH is 1. The number of quaternary nitrogens is 2. The standard InChI is InChI=1S/C15H24N2O/c1-16-10-8-14(9-11-16)17(2)12-15(18)13-6-4-3-5-7-13/h3-7,14-15,18H,8-12H2,1-2H3/p+2/t15-/m1/s1. The van der Waals surface area contributed by atoms with Crippen molar-refractivity contribution in [1.29, 1.82) is 0 Å². The second kappa shape index (κ2) is 6.32. The van der Waals surface area contributed by atoms with Crippen molar-refractivity contribution < 1.29 is 14.9 Å². The Morgan fingerprint density at radius 1 is 1.28 bits per heavy atom. The molecule has 3 heteroatoms. The van der Waals surface area contributed by atoms with Gasteiger partial charge in [0, 0.05) is 12.8 Å². The summed E-state index contributed by atoms with van der Waals surface area (Å²) >= 11 is 0. The summed E-state index contributed by atoms with van der Waals surface area (Å²) in [5.74, 6) is 0. The van der Waals surface area contributed by atoms with Crippen molar-refractivity contribution in [3.63, 3.8) is 0 Å². The molecule has 1 aliphatic heterocycles. The van der Waals surface area contributed by atoms with E-state index in [0.29, 0.717) is 6.04 Å². The SMILES string of the molecule is C[NH+]1CCC([NH+](C)C[C@@H](O)c2ccccc2)CC1. The van der Waals surface area contributed by atoms with Crippen molar-refractivity contribution in [2.75, 3.05) is 33.7 Å². The van der Waals surface area contributed by atoms with Gasteiger partial charge < -0.3 is 14.9 Å². The number of hydrogen-bond donors (Lipinski definition) is 3. The Kier molecular flexibility index (Phi) is 4.75.